The third-order valence-corrected chi connectivity index (χ3v) is 2.00. The fraction of sp³-hybridized carbons (Fsp3) is 0.400. The number of hydrogen-bond donors (Lipinski definition) is 0. The minimum atomic E-state index is 0.692. The zero-order valence-electron chi connectivity index (χ0n) is 8.25. The van der Waals surface area contributed by atoms with Crippen LogP contribution in [0.25, 0.3) is 0 Å². The lowest BCUT2D eigenvalue weighted by molar-refractivity contribution is 0.134. The first kappa shape index (κ1) is 10.3. The molecule has 0 amide bonds. The lowest BCUT2D eigenvalue weighted by Crippen LogP contribution is -1.96. The minimum absolute atomic E-state index is 0.692. The third kappa shape index (κ3) is 3.61. The average Bonchev–Trinajstić information content (AvgIpc) is 2.17. The van der Waals surface area contributed by atoms with Crippen molar-refractivity contribution in [1.82, 2.24) is 0 Å². The van der Waals surface area contributed by atoms with Crippen LogP contribution in [0.1, 0.15) is 12.5 Å². The molecule has 0 spiro atoms. The van der Waals surface area contributed by atoms with Gasteiger partial charge in [0, 0.05) is 6.61 Å². The van der Waals surface area contributed by atoms with Gasteiger partial charge in [0.2, 0.25) is 0 Å². The van der Waals surface area contributed by atoms with Crippen molar-refractivity contribution in [2.24, 2.45) is 0 Å². The molecule has 0 aliphatic carbocycles. The van der Waals surface area contributed by atoms with Crippen LogP contribution in [-0.2, 0) is 11.3 Å². The molecule has 0 aliphatic heterocycles. The molecule has 1 aromatic carbocycles. The van der Waals surface area contributed by atoms with Gasteiger partial charge in [-0.1, -0.05) is 12.1 Å². The summed E-state index contributed by atoms with van der Waals surface area (Å²) >= 11 is 0. The molecule has 0 heterocycles. The molecule has 0 saturated heterocycles. The predicted molar refractivity (Wildman–Crippen MR) is 57.2 cm³/mol. The van der Waals surface area contributed by atoms with Gasteiger partial charge < -0.3 is 9.47 Å². The molecule has 0 unspecified atom stereocenters. The molecule has 0 aliphatic rings. The summed E-state index contributed by atoms with van der Waals surface area (Å²) in [5.74, 6) is 0.954. The molecule has 72 valence electrons. The van der Waals surface area contributed by atoms with Crippen molar-refractivity contribution in [2.45, 2.75) is 13.5 Å². The Labute approximate surface area is 82.3 Å². The average molecular weight is 196 g/mol. The zero-order valence-corrected chi connectivity index (χ0v) is 10.2. The Morgan fingerprint density at radius 1 is 1.23 bits per heavy atom. The van der Waals surface area contributed by atoms with Gasteiger partial charge in [-0.15, -0.1) is 0 Å². The largest absolute Gasteiger partial charge is 0.498 e. The van der Waals surface area contributed by atoms with Crippen molar-refractivity contribution in [2.75, 3.05) is 12.8 Å². The van der Waals surface area contributed by atoms with Gasteiger partial charge in [0.1, 0.15) is 5.75 Å². The number of benzene rings is 1. The van der Waals surface area contributed by atoms with Crippen molar-refractivity contribution in [3.05, 3.63) is 29.8 Å². The Balaban J connectivity index is 2.48. The smallest absolute Gasteiger partial charge is 0.118 e. The van der Waals surface area contributed by atoms with E-state index in [2.05, 4.69) is 0 Å². The van der Waals surface area contributed by atoms with Crippen LogP contribution in [0.2, 0.25) is 0 Å². The van der Waals surface area contributed by atoms with Crippen LogP contribution in [0, 0.1) is 0 Å². The molecule has 1 aromatic rings. The van der Waals surface area contributed by atoms with Crippen LogP contribution in [0.3, 0.4) is 0 Å². The first-order valence-corrected chi connectivity index (χ1v) is 6.07. The van der Waals surface area contributed by atoms with Crippen LogP contribution < -0.4 is 4.74 Å². The second-order valence-corrected chi connectivity index (χ2v) is 3.29. The summed E-state index contributed by atoms with van der Waals surface area (Å²) in [6.07, 6.45) is 0.852. The van der Waals surface area contributed by atoms with E-state index in [-0.39, 0.29) is 0 Å². The monoisotopic (exact) mass is 196 g/mol. The second-order valence-electron chi connectivity index (χ2n) is 2.71. The van der Waals surface area contributed by atoms with Gasteiger partial charge in [0.05, 0.1) is 23.1 Å². The second kappa shape index (κ2) is 5.78. The summed E-state index contributed by atoms with van der Waals surface area (Å²) < 4.78 is 10.7. The standard InChI is InChI=1S/C10H16O2Si/c1-2-11-7-9-3-5-10(6-4-9)12-8-13/h3-6H,2,7-8H2,1,13H3. The molecule has 0 saturated carbocycles. The van der Waals surface area contributed by atoms with E-state index in [9.17, 15) is 0 Å². The lowest BCUT2D eigenvalue weighted by atomic mass is 10.2. The Morgan fingerprint density at radius 3 is 2.46 bits per heavy atom. The summed E-state index contributed by atoms with van der Waals surface area (Å²) in [6, 6.07) is 8.07. The molecule has 0 atom stereocenters. The molecular formula is C10H16O2Si. The Bertz CT molecular complexity index is 233. The lowest BCUT2D eigenvalue weighted by Gasteiger charge is -2.04. The topological polar surface area (TPSA) is 18.5 Å². The fourth-order valence-corrected chi connectivity index (χ4v) is 1.40. The van der Waals surface area contributed by atoms with Gasteiger partial charge >= 0.3 is 0 Å². The SMILES string of the molecule is CCOCc1ccc(OC[SiH3])cc1. The first-order valence-electron chi connectivity index (χ1n) is 4.66. The fourth-order valence-electron chi connectivity index (χ4n) is 1.07. The molecule has 1 rings (SSSR count). The maximum atomic E-state index is 5.39. The van der Waals surface area contributed by atoms with Crippen LogP contribution >= 0.6 is 0 Å². The number of rotatable bonds is 5. The molecule has 0 bridgehead atoms. The third-order valence-electron chi connectivity index (χ3n) is 1.71. The molecule has 13 heavy (non-hydrogen) atoms. The minimum Gasteiger partial charge on any atom is -0.498 e. The quantitative estimate of drug-likeness (QED) is 0.652. The highest BCUT2D eigenvalue weighted by molar-refractivity contribution is 6.08. The molecule has 0 N–H and O–H groups in total. The van der Waals surface area contributed by atoms with E-state index in [1.807, 2.05) is 31.2 Å². The van der Waals surface area contributed by atoms with Gasteiger partial charge in [0.25, 0.3) is 0 Å². The number of hydrogen-bond acceptors (Lipinski definition) is 2. The highest BCUT2D eigenvalue weighted by atomic mass is 28.1. The summed E-state index contributed by atoms with van der Waals surface area (Å²) in [5.41, 5.74) is 1.20. The first-order chi connectivity index (χ1) is 6.36. The van der Waals surface area contributed by atoms with E-state index < -0.39 is 0 Å². The van der Waals surface area contributed by atoms with E-state index in [0.717, 1.165) is 28.8 Å². The van der Waals surface area contributed by atoms with Crippen molar-refractivity contribution < 1.29 is 9.47 Å². The maximum Gasteiger partial charge on any atom is 0.118 e. The van der Waals surface area contributed by atoms with Crippen molar-refractivity contribution in [3.63, 3.8) is 0 Å². The van der Waals surface area contributed by atoms with E-state index >= 15 is 0 Å². The van der Waals surface area contributed by atoms with Gasteiger partial charge in [-0.3, -0.25) is 0 Å². The summed E-state index contributed by atoms with van der Waals surface area (Å²) in [4.78, 5) is 0. The molecule has 0 radical (unpaired) electrons. The maximum absolute atomic E-state index is 5.39. The Morgan fingerprint density at radius 2 is 1.92 bits per heavy atom. The normalized spacial score (nSPS) is 10.2. The van der Waals surface area contributed by atoms with Crippen LogP contribution in [0.4, 0.5) is 0 Å². The van der Waals surface area contributed by atoms with Gasteiger partial charge in [-0.25, -0.2) is 0 Å². The van der Waals surface area contributed by atoms with Gasteiger partial charge in [-0.2, -0.15) is 0 Å². The Kier molecular flexibility index (Phi) is 4.57. The number of ether oxygens (including phenoxy) is 2. The summed E-state index contributed by atoms with van der Waals surface area (Å²) in [7, 11) is 1.08. The van der Waals surface area contributed by atoms with Crippen LogP contribution in [0.15, 0.2) is 24.3 Å². The van der Waals surface area contributed by atoms with E-state index in [1.165, 1.54) is 5.56 Å². The van der Waals surface area contributed by atoms with Gasteiger partial charge in [-0.05, 0) is 24.6 Å². The predicted octanol–water partition coefficient (Wildman–Crippen LogP) is 0.925. The molecule has 2 nitrogen and oxygen atoms in total. The van der Waals surface area contributed by atoms with E-state index in [4.69, 9.17) is 9.47 Å². The summed E-state index contributed by atoms with van der Waals surface area (Å²) in [5, 5.41) is 0. The van der Waals surface area contributed by atoms with Crippen molar-refractivity contribution in [3.8, 4) is 5.75 Å². The van der Waals surface area contributed by atoms with E-state index in [0.29, 0.717) is 6.61 Å². The Hall–Kier alpha value is -0.803. The molecule has 0 aromatic heterocycles. The van der Waals surface area contributed by atoms with Gasteiger partial charge in [0.15, 0.2) is 0 Å². The summed E-state index contributed by atoms with van der Waals surface area (Å²) in [6.45, 7) is 3.45. The zero-order chi connectivity index (χ0) is 9.52. The molecule has 0 fully saturated rings. The molecule has 3 heteroatoms. The highest BCUT2D eigenvalue weighted by Crippen LogP contribution is 2.12. The highest BCUT2D eigenvalue weighted by Gasteiger charge is 1.93. The van der Waals surface area contributed by atoms with Crippen LogP contribution in [0.5, 0.6) is 5.75 Å². The van der Waals surface area contributed by atoms with E-state index in [1.54, 1.807) is 0 Å². The molecular weight excluding hydrogens is 180 g/mol. The van der Waals surface area contributed by atoms with Crippen LogP contribution in [-0.4, -0.2) is 23.1 Å². The van der Waals surface area contributed by atoms with Crippen molar-refractivity contribution >= 4 is 10.2 Å². The van der Waals surface area contributed by atoms with Crippen molar-refractivity contribution in [1.29, 1.82) is 0 Å².